The van der Waals surface area contributed by atoms with Gasteiger partial charge in [0.25, 0.3) is 0 Å². The Morgan fingerprint density at radius 3 is 3.11 bits per heavy atom. The van der Waals surface area contributed by atoms with Crippen LogP contribution in [0.4, 0.5) is 0 Å². The summed E-state index contributed by atoms with van der Waals surface area (Å²) in [6.07, 6.45) is 3.87. The number of hydrogen-bond acceptors (Lipinski definition) is 3. The van der Waals surface area contributed by atoms with E-state index in [0.717, 1.165) is 12.1 Å². The highest BCUT2D eigenvalue weighted by molar-refractivity contribution is 4.97. The molecule has 0 aliphatic heterocycles. The Morgan fingerprint density at radius 1 is 1.89 bits per heavy atom. The Balaban J connectivity index is 2.65. The quantitative estimate of drug-likeness (QED) is 0.645. The van der Waals surface area contributed by atoms with Gasteiger partial charge in [-0.1, -0.05) is 6.92 Å². The summed E-state index contributed by atoms with van der Waals surface area (Å²) in [4.78, 5) is 3.90. The molecule has 0 aromatic carbocycles. The molecule has 1 rings (SSSR count). The molecule has 1 aromatic heterocycles. The SMILES string of the molecule is CC[C@@H](N)c1cocn1. The minimum atomic E-state index is 0.0312. The Labute approximate surface area is 53.9 Å². The summed E-state index contributed by atoms with van der Waals surface area (Å²) >= 11 is 0. The van der Waals surface area contributed by atoms with Gasteiger partial charge in [0, 0.05) is 6.04 Å². The standard InChI is InChI=1S/C6H10N2O/c1-2-5(7)6-3-9-4-8-6/h3-5H,2,7H2,1H3/t5-/m1/s1. The van der Waals surface area contributed by atoms with Gasteiger partial charge in [0.2, 0.25) is 0 Å². The van der Waals surface area contributed by atoms with Gasteiger partial charge < -0.3 is 10.2 Å². The maximum atomic E-state index is 5.62. The van der Waals surface area contributed by atoms with Gasteiger partial charge in [0.1, 0.15) is 6.26 Å². The summed E-state index contributed by atoms with van der Waals surface area (Å²) in [6, 6.07) is 0.0312. The van der Waals surface area contributed by atoms with Crippen LogP contribution in [0, 0.1) is 0 Å². The number of rotatable bonds is 2. The van der Waals surface area contributed by atoms with E-state index < -0.39 is 0 Å². The first-order valence-electron chi connectivity index (χ1n) is 2.98. The van der Waals surface area contributed by atoms with E-state index >= 15 is 0 Å². The molecule has 0 aliphatic carbocycles. The van der Waals surface area contributed by atoms with Crippen molar-refractivity contribution < 1.29 is 4.42 Å². The molecule has 9 heavy (non-hydrogen) atoms. The molecular formula is C6H10N2O. The average molecular weight is 126 g/mol. The van der Waals surface area contributed by atoms with Gasteiger partial charge >= 0.3 is 0 Å². The Kier molecular flexibility index (Phi) is 1.85. The van der Waals surface area contributed by atoms with Crippen LogP contribution >= 0.6 is 0 Å². The van der Waals surface area contributed by atoms with E-state index in [-0.39, 0.29) is 6.04 Å². The second kappa shape index (κ2) is 2.64. The van der Waals surface area contributed by atoms with Crippen LogP contribution in [0.25, 0.3) is 0 Å². The third-order valence-corrected chi connectivity index (χ3v) is 1.27. The molecule has 3 heteroatoms. The summed E-state index contributed by atoms with van der Waals surface area (Å²) < 4.78 is 4.75. The van der Waals surface area contributed by atoms with Gasteiger partial charge in [-0.2, -0.15) is 0 Å². The smallest absolute Gasteiger partial charge is 0.180 e. The predicted octanol–water partition coefficient (Wildman–Crippen LogP) is 1.08. The number of aromatic nitrogens is 1. The van der Waals surface area contributed by atoms with Crippen molar-refractivity contribution in [3.05, 3.63) is 18.4 Å². The minimum Gasteiger partial charge on any atom is -0.451 e. The van der Waals surface area contributed by atoms with Crippen LogP contribution < -0.4 is 5.73 Å². The molecule has 0 saturated carbocycles. The summed E-state index contributed by atoms with van der Waals surface area (Å²) in [7, 11) is 0. The van der Waals surface area contributed by atoms with Gasteiger partial charge in [-0.05, 0) is 6.42 Å². The fourth-order valence-electron chi connectivity index (χ4n) is 0.614. The fraction of sp³-hybridized carbons (Fsp3) is 0.500. The van der Waals surface area contributed by atoms with Crippen molar-refractivity contribution in [3.63, 3.8) is 0 Å². The zero-order chi connectivity index (χ0) is 6.69. The molecule has 0 aliphatic rings. The molecule has 0 spiro atoms. The highest BCUT2D eigenvalue weighted by Crippen LogP contribution is 2.08. The average Bonchev–Trinajstić information content (AvgIpc) is 2.37. The van der Waals surface area contributed by atoms with Gasteiger partial charge in [0.05, 0.1) is 5.69 Å². The third-order valence-electron chi connectivity index (χ3n) is 1.27. The van der Waals surface area contributed by atoms with Crippen molar-refractivity contribution in [1.82, 2.24) is 4.98 Å². The largest absolute Gasteiger partial charge is 0.451 e. The van der Waals surface area contributed by atoms with E-state index in [1.54, 1.807) is 6.26 Å². The van der Waals surface area contributed by atoms with Crippen LogP contribution in [-0.2, 0) is 0 Å². The third kappa shape index (κ3) is 1.29. The summed E-state index contributed by atoms with van der Waals surface area (Å²) in [5.41, 5.74) is 6.45. The lowest BCUT2D eigenvalue weighted by Crippen LogP contribution is -2.08. The van der Waals surface area contributed by atoms with Crippen LogP contribution in [0.3, 0.4) is 0 Å². The molecule has 3 nitrogen and oxygen atoms in total. The van der Waals surface area contributed by atoms with Gasteiger partial charge in [0.15, 0.2) is 6.39 Å². The van der Waals surface area contributed by atoms with Crippen molar-refractivity contribution >= 4 is 0 Å². The molecule has 2 N–H and O–H groups in total. The highest BCUT2D eigenvalue weighted by atomic mass is 16.3. The normalized spacial score (nSPS) is 13.6. The molecule has 0 unspecified atom stereocenters. The lowest BCUT2D eigenvalue weighted by atomic mass is 10.2. The van der Waals surface area contributed by atoms with Crippen molar-refractivity contribution in [2.24, 2.45) is 5.73 Å². The summed E-state index contributed by atoms with van der Waals surface area (Å²) in [5.74, 6) is 0. The lowest BCUT2D eigenvalue weighted by Gasteiger charge is -2.00. The molecular weight excluding hydrogens is 116 g/mol. The minimum absolute atomic E-state index is 0.0312. The number of nitrogens with two attached hydrogens (primary N) is 1. The molecule has 0 amide bonds. The molecule has 0 saturated heterocycles. The molecule has 50 valence electrons. The van der Waals surface area contributed by atoms with Crippen LogP contribution in [0.2, 0.25) is 0 Å². The second-order valence-corrected chi connectivity index (χ2v) is 1.93. The first kappa shape index (κ1) is 6.29. The molecule has 0 fully saturated rings. The summed E-state index contributed by atoms with van der Waals surface area (Å²) in [5, 5.41) is 0. The fourth-order valence-corrected chi connectivity index (χ4v) is 0.614. The van der Waals surface area contributed by atoms with Crippen molar-refractivity contribution in [3.8, 4) is 0 Å². The molecule has 1 aromatic rings. The van der Waals surface area contributed by atoms with Crippen molar-refractivity contribution in [2.45, 2.75) is 19.4 Å². The van der Waals surface area contributed by atoms with Crippen molar-refractivity contribution in [1.29, 1.82) is 0 Å². The van der Waals surface area contributed by atoms with Gasteiger partial charge in [-0.3, -0.25) is 0 Å². The van der Waals surface area contributed by atoms with Gasteiger partial charge in [-0.15, -0.1) is 0 Å². The van der Waals surface area contributed by atoms with E-state index in [1.807, 2.05) is 6.92 Å². The monoisotopic (exact) mass is 126 g/mol. The first-order chi connectivity index (χ1) is 4.34. The van der Waals surface area contributed by atoms with E-state index in [2.05, 4.69) is 4.98 Å². The molecule has 0 bridgehead atoms. The van der Waals surface area contributed by atoms with Crippen molar-refractivity contribution in [2.75, 3.05) is 0 Å². The van der Waals surface area contributed by atoms with Crippen LogP contribution in [0.1, 0.15) is 25.1 Å². The van der Waals surface area contributed by atoms with Crippen LogP contribution in [-0.4, -0.2) is 4.98 Å². The number of oxazole rings is 1. The Hall–Kier alpha value is -0.830. The molecule has 1 heterocycles. The Bertz CT molecular complexity index is 160. The highest BCUT2D eigenvalue weighted by Gasteiger charge is 2.03. The first-order valence-corrected chi connectivity index (χ1v) is 2.98. The van der Waals surface area contributed by atoms with E-state index in [4.69, 9.17) is 10.2 Å². The number of nitrogens with zero attached hydrogens (tertiary/aromatic N) is 1. The zero-order valence-electron chi connectivity index (χ0n) is 5.37. The van der Waals surface area contributed by atoms with E-state index in [0.29, 0.717) is 0 Å². The maximum Gasteiger partial charge on any atom is 0.180 e. The second-order valence-electron chi connectivity index (χ2n) is 1.93. The van der Waals surface area contributed by atoms with Crippen LogP contribution in [0.5, 0.6) is 0 Å². The Morgan fingerprint density at radius 2 is 2.67 bits per heavy atom. The topological polar surface area (TPSA) is 52.0 Å². The molecule has 0 radical (unpaired) electrons. The van der Waals surface area contributed by atoms with E-state index in [1.165, 1.54) is 6.39 Å². The predicted molar refractivity (Wildman–Crippen MR) is 33.7 cm³/mol. The maximum absolute atomic E-state index is 5.62. The number of hydrogen-bond donors (Lipinski definition) is 1. The zero-order valence-corrected chi connectivity index (χ0v) is 5.37. The van der Waals surface area contributed by atoms with E-state index in [9.17, 15) is 0 Å². The molecule has 1 atom stereocenters. The van der Waals surface area contributed by atoms with Crippen LogP contribution in [0.15, 0.2) is 17.1 Å². The van der Waals surface area contributed by atoms with Gasteiger partial charge in [-0.25, -0.2) is 4.98 Å². The lowest BCUT2D eigenvalue weighted by molar-refractivity contribution is 0.553. The summed E-state index contributed by atoms with van der Waals surface area (Å²) in [6.45, 7) is 2.01.